The van der Waals surface area contributed by atoms with Gasteiger partial charge in [0.15, 0.2) is 0 Å². The van der Waals surface area contributed by atoms with E-state index in [0.717, 1.165) is 37.1 Å². The van der Waals surface area contributed by atoms with E-state index in [1.54, 1.807) is 10.6 Å². The number of hydrogen-bond donors (Lipinski definition) is 1. The molecule has 7 heteroatoms. The highest BCUT2D eigenvalue weighted by Crippen LogP contribution is 2.28. The van der Waals surface area contributed by atoms with Crippen molar-refractivity contribution in [3.05, 3.63) is 62.3 Å². The molecule has 0 unspecified atom stereocenters. The first-order valence-corrected chi connectivity index (χ1v) is 10.4. The van der Waals surface area contributed by atoms with Crippen LogP contribution in [0.1, 0.15) is 45.9 Å². The van der Waals surface area contributed by atoms with Gasteiger partial charge in [0.1, 0.15) is 16.5 Å². The Labute approximate surface area is 166 Å². The number of carbonyl (C=O) groups is 1. The van der Waals surface area contributed by atoms with E-state index < -0.39 is 0 Å². The fourth-order valence-corrected chi connectivity index (χ4v) is 4.83. The number of nitrogens with zero attached hydrogens (tertiary/aromatic N) is 2. The molecule has 2 aromatic heterocycles. The van der Waals surface area contributed by atoms with Gasteiger partial charge in [-0.05, 0) is 49.4 Å². The van der Waals surface area contributed by atoms with Crippen LogP contribution < -0.4 is 10.9 Å². The Hall–Kier alpha value is -2.54. The molecule has 146 valence electrons. The Kier molecular flexibility index (Phi) is 5.26. The maximum atomic E-state index is 13.3. The summed E-state index contributed by atoms with van der Waals surface area (Å²) in [5.41, 5.74) is 1.49. The summed E-state index contributed by atoms with van der Waals surface area (Å²) in [5, 5.41) is 3.44. The first-order valence-electron chi connectivity index (χ1n) is 9.60. The number of aryl methyl sites for hydroxylation is 2. The summed E-state index contributed by atoms with van der Waals surface area (Å²) in [6.07, 6.45) is 4.47. The monoisotopic (exact) mass is 399 g/mol. The molecular weight excluding hydrogens is 377 g/mol. The van der Waals surface area contributed by atoms with Gasteiger partial charge in [-0.2, -0.15) is 0 Å². The van der Waals surface area contributed by atoms with E-state index in [1.165, 1.54) is 23.5 Å². The molecule has 1 aliphatic heterocycles. The predicted molar refractivity (Wildman–Crippen MR) is 109 cm³/mol. The first kappa shape index (κ1) is 18.8. The molecule has 5 nitrogen and oxygen atoms in total. The second-order valence-electron chi connectivity index (χ2n) is 7.17. The quantitative estimate of drug-likeness (QED) is 0.729. The first-order chi connectivity index (χ1) is 13.5. The highest BCUT2D eigenvalue weighted by Gasteiger charge is 2.22. The molecule has 1 aromatic carbocycles. The molecule has 0 bridgehead atoms. The average Bonchev–Trinajstić information content (AvgIpc) is 2.84. The number of amides is 1. The van der Waals surface area contributed by atoms with Crippen LogP contribution >= 0.6 is 11.3 Å². The fourth-order valence-electron chi connectivity index (χ4n) is 3.72. The molecule has 28 heavy (non-hydrogen) atoms. The summed E-state index contributed by atoms with van der Waals surface area (Å²) in [6, 6.07) is 6.36. The number of halogens is 1. The molecule has 3 heterocycles. The summed E-state index contributed by atoms with van der Waals surface area (Å²) in [5.74, 6) is 0.335. The SMILES string of the molecule is Cc1c(C(=O)NCCc2cccc(F)c2)sc2nc3n(c(=O)c12)CCCCC3. The van der Waals surface area contributed by atoms with Crippen LogP contribution in [0.15, 0.2) is 29.1 Å². The lowest BCUT2D eigenvalue weighted by Crippen LogP contribution is -2.26. The summed E-state index contributed by atoms with van der Waals surface area (Å²) in [6.45, 7) is 2.91. The molecular formula is C21H22FN3O2S. The maximum absolute atomic E-state index is 13.3. The van der Waals surface area contributed by atoms with Crippen LogP contribution in [0, 0.1) is 12.7 Å². The second-order valence-corrected chi connectivity index (χ2v) is 8.17. The Morgan fingerprint density at radius 2 is 2.18 bits per heavy atom. The van der Waals surface area contributed by atoms with Gasteiger partial charge in [-0.15, -0.1) is 11.3 Å². The molecule has 1 N–H and O–H groups in total. The molecule has 0 radical (unpaired) electrons. The zero-order chi connectivity index (χ0) is 19.7. The zero-order valence-corrected chi connectivity index (χ0v) is 16.6. The van der Waals surface area contributed by atoms with Crippen molar-refractivity contribution in [1.29, 1.82) is 0 Å². The van der Waals surface area contributed by atoms with Gasteiger partial charge in [0.25, 0.3) is 11.5 Å². The van der Waals surface area contributed by atoms with Crippen molar-refractivity contribution in [2.24, 2.45) is 0 Å². The summed E-state index contributed by atoms with van der Waals surface area (Å²) >= 11 is 1.28. The van der Waals surface area contributed by atoms with Gasteiger partial charge in [0, 0.05) is 19.5 Å². The third-order valence-corrected chi connectivity index (χ3v) is 6.39. The average molecular weight is 399 g/mol. The van der Waals surface area contributed by atoms with Gasteiger partial charge < -0.3 is 5.32 Å². The van der Waals surface area contributed by atoms with Crippen molar-refractivity contribution in [1.82, 2.24) is 14.9 Å². The van der Waals surface area contributed by atoms with E-state index in [1.807, 2.05) is 13.0 Å². The van der Waals surface area contributed by atoms with Crippen LogP contribution in [-0.4, -0.2) is 22.0 Å². The number of carbonyl (C=O) groups excluding carboxylic acids is 1. The van der Waals surface area contributed by atoms with E-state index in [0.29, 0.717) is 40.2 Å². The third kappa shape index (κ3) is 3.58. The van der Waals surface area contributed by atoms with Crippen LogP contribution in [0.4, 0.5) is 4.39 Å². The van der Waals surface area contributed by atoms with Crippen LogP contribution in [0.5, 0.6) is 0 Å². The van der Waals surface area contributed by atoms with Crippen LogP contribution in [0.3, 0.4) is 0 Å². The number of thiophene rings is 1. The lowest BCUT2D eigenvalue weighted by molar-refractivity contribution is 0.0957. The molecule has 4 rings (SSSR count). The highest BCUT2D eigenvalue weighted by atomic mass is 32.1. The number of benzene rings is 1. The molecule has 0 fully saturated rings. The Bertz CT molecular complexity index is 1100. The second kappa shape index (κ2) is 7.83. The maximum Gasteiger partial charge on any atom is 0.262 e. The highest BCUT2D eigenvalue weighted by molar-refractivity contribution is 7.20. The summed E-state index contributed by atoms with van der Waals surface area (Å²) in [7, 11) is 0. The number of hydrogen-bond acceptors (Lipinski definition) is 4. The minimum absolute atomic E-state index is 0.0329. The van der Waals surface area contributed by atoms with Crippen LogP contribution in [0.25, 0.3) is 10.2 Å². The Balaban J connectivity index is 1.56. The molecule has 0 aliphatic carbocycles. The smallest absolute Gasteiger partial charge is 0.262 e. The minimum Gasteiger partial charge on any atom is -0.351 e. The lowest BCUT2D eigenvalue weighted by Gasteiger charge is -2.08. The number of nitrogens with one attached hydrogen (secondary N) is 1. The van der Waals surface area contributed by atoms with Gasteiger partial charge in [0.2, 0.25) is 0 Å². The van der Waals surface area contributed by atoms with Crippen molar-refractivity contribution < 1.29 is 9.18 Å². The van der Waals surface area contributed by atoms with Crippen molar-refractivity contribution in [3.8, 4) is 0 Å². The fraction of sp³-hybridized carbons (Fsp3) is 0.381. The topological polar surface area (TPSA) is 64.0 Å². The van der Waals surface area contributed by atoms with E-state index in [9.17, 15) is 14.0 Å². The van der Waals surface area contributed by atoms with Crippen molar-refractivity contribution >= 4 is 27.5 Å². The van der Waals surface area contributed by atoms with Crippen molar-refractivity contribution in [2.45, 2.75) is 45.6 Å². The van der Waals surface area contributed by atoms with E-state index in [4.69, 9.17) is 4.98 Å². The zero-order valence-electron chi connectivity index (χ0n) is 15.8. The van der Waals surface area contributed by atoms with Crippen molar-refractivity contribution in [2.75, 3.05) is 6.54 Å². The summed E-state index contributed by atoms with van der Waals surface area (Å²) < 4.78 is 15.0. The molecule has 0 saturated heterocycles. The number of rotatable bonds is 4. The van der Waals surface area contributed by atoms with Crippen LogP contribution in [-0.2, 0) is 19.4 Å². The summed E-state index contributed by atoms with van der Waals surface area (Å²) in [4.78, 5) is 31.5. The largest absolute Gasteiger partial charge is 0.351 e. The molecule has 0 spiro atoms. The molecule has 1 amide bonds. The molecule has 0 saturated carbocycles. The van der Waals surface area contributed by atoms with Gasteiger partial charge >= 0.3 is 0 Å². The predicted octanol–water partition coefficient (Wildman–Crippen LogP) is 3.60. The van der Waals surface area contributed by atoms with Gasteiger partial charge in [0.05, 0.1) is 10.3 Å². The number of fused-ring (bicyclic) bond motifs is 2. The molecule has 0 atom stereocenters. The standard InChI is InChI=1S/C21H22FN3O2S/c1-13-17-20(24-16-8-3-2-4-11-25(16)21(17)27)28-18(13)19(26)23-10-9-14-6-5-7-15(22)12-14/h5-7,12H,2-4,8-11H2,1H3,(H,23,26). The van der Waals surface area contributed by atoms with Gasteiger partial charge in [-0.25, -0.2) is 9.37 Å². The van der Waals surface area contributed by atoms with Crippen LogP contribution in [0.2, 0.25) is 0 Å². The van der Waals surface area contributed by atoms with E-state index in [2.05, 4.69) is 5.32 Å². The Morgan fingerprint density at radius 1 is 1.32 bits per heavy atom. The minimum atomic E-state index is -0.282. The third-order valence-electron chi connectivity index (χ3n) is 5.21. The van der Waals surface area contributed by atoms with E-state index in [-0.39, 0.29) is 17.3 Å². The normalized spacial score (nSPS) is 13.9. The van der Waals surface area contributed by atoms with Gasteiger partial charge in [-0.1, -0.05) is 18.6 Å². The molecule has 3 aromatic rings. The number of aromatic nitrogens is 2. The Morgan fingerprint density at radius 3 is 3.00 bits per heavy atom. The molecule has 1 aliphatic rings. The van der Waals surface area contributed by atoms with Gasteiger partial charge in [-0.3, -0.25) is 14.2 Å². The lowest BCUT2D eigenvalue weighted by atomic mass is 10.1. The van der Waals surface area contributed by atoms with E-state index >= 15 is 0 Å². The van der Waals surface area contributed by atoms with Crippen molar-refractivity contribution in [3.63, 3.8) is 0 Å².